The number of amides is 1. The van der Waals surface area contributed by atoms with E-state index < -0.39 is 5.97 Å². The summed E-state index contributed by atoms with van der Waals surface area (Å²) in [5.74, 6) is -1.26. The van der Waals surface area contributed by atoms with Gasteiger partial charge in [-0.2, -0.15) is 0 Å². The number of carboxylic acid groups (broad SMARTS) is 1. The molecule has 0 bridgehead atoms. The van der Waals surface area contributed by atoms with E-state index in [0.717, 1.165) is 5.56 Å². The maximum absolute atomic E-state index is 11.6. The van der Waals surface area contributed by atoms with E-state index in [1.54, 1.807) is 6.08 Å². The highest BCUT2D eigenvalue weighted by Crippen LogP contribution is 2.00. The number of nitrogens with one attached hydrogen (secondary N) is 1. The molecule has 0 atom stereocenters. The molecule has 1 aromatic heterocycles. The summed E-state index contributed by atoms with van der Waals surface area (Å²) in [6, 6.07) is 9.46. The van der Waals surface area contributed by atoms with Crippen molar-refractivity contribution in [3.63, 3.8) is 0 Å². The normalized spacial score (nSPS) is 10.7. The number of aromatic nitrogens is 3. The van der Waals surface area contributed by atoms with E-state index in [4.69, 9.17) is 5.11 Å². The molecule has 1 aromatic carbocycles. The first kappa shape index (κ1) is 14.4. The molecule has 0 saturated heterocycles. The number of nitrogens with zero attached hydrogens (tertiary/aromatic N) is 3. The van der Waals surface area contributed by atoms with E-state index in [9.17, 15) is 9.59 Å². The van der Waals surface area contributed by atoms with Crippen LogP contribution in [0.15, 0.2) is 42.6 Å². The van der Waals surface area contributed by atoms with Crippen molar-refractivity contribution in [1.29, 1.82) is 0 Å². The lowest BCUT2D eigenvalue weighted by Gasteiger charge is -1.98. The van der Waals surface area contributed by atoms with Crippen molar-refractivity contribution < 1.29 is 14.7 Å². The van der Waals surface area contributed by atoms with Gasteiger partial charge in [-0.1, -0.05) is 35.5 Å². The van der Waals surface area contributed by atoms with E-state index in [-0.39, 0.29) is 19.0 Å². The summed E-state index contributed by atoms with van der Waals surface area (Å²) in [5.41, 5.74) is 1.43. The minimum Gasteiger partial charge on any atom is -0.480 e. The molecular formula is C14H14N4O3. The van der Waals surface area contributed by atoms with Crippen LogP contribution in [0.4, 0.5) is 0 Å². The quantitative estimate of drug-likeness (QED) is 0.762. The third kappa shape index (κ3) is 4.90. The Hall–Kier alpha value is -2.96. The molecular weight excluding hydrogens is 272 g/mol. The molecule has 0 unspecified atom stereocenters. The van der Waals surface area contributed by atoms with E-state index in [1.807, 2.05) is 30.3 Å². The highest BCUT2D eigenvalue weighted by Gasteiger charge is 2.04. The smallest absolute Gasteiger partial charge is 0.325 e. The molecule has 1 heterocycles. The van der Waals surface area contributed by atoms with Crippen LogP contribution in [0.25, 0.3) is 6.08 Å². The molecule has 1 amide bonds. The Balaban J connectivity index is 1.82. The number of carbonyl (C=O) groups is 2. The van der Waals surface area contributed by atoms with Crippen molar-refractivity contribution in [3.05, 3.63) is 53.9 Å². The van der Waals surface area contributed by atoms with Crippen LogP contribution >= 0.6 is 0 Å². The fourth-order valence-corrected chi connectivity index (χ4v) is 1.61. The van der Waals surface area contributed by atoms with Gasteiger partial charge in [-0.05, 0) is 11.6 Å². The Bertz CT molecular complexity index is 649. The van der Waals surface area contributed by atoms with Crippen molar-refractivity contribution >= 4 is 18.0 Å². The second-order valence-corrected chi connectivity index (χ2v) is 4.26. The summed E-state index contributed by atoms with van der Waals surface area (Å²) in [4.78, 5) is 22.1. The van der Waals surface area contributed by atoms with Gasteiger partial charge >= 0.3 is 5.97 Å². The van der Waals surface area contributed by atoms with Gasteiger partial charge in [0.15, 0.2) is 0 Å². The van der Waals surface area contributed by atoms with E-state index in [2.05, 4.69) is 15.6 Å². The van der Waals surface area contributed by atoms with Crippen LogP contribution in [0, 0.1) is 0 Å². The Morgan fingerprint density at radius 2 is 2.05 bits per heavy atom. The molecule has 0 fully saturated rings. The Morgan fingerprint density at radius 1 is 1.29 bits per heavy atom. The topological polar surface area (TPSA) is 97.1 Å². The molecule has 0 spiro atoms. The van der Waals surface area contributed by atoms with Gasteiger partial charge in [0.25, 0.3) is 0 Å². The highest BCUT2D eigenvalue weighted by atomic mass is 16.4. The van der Waals surface area contributed by atoms with Crippen LogP contribution < -0.4 is 5.32 Å². The first-order chi connectivity index (χ1) is 10.1. The minimum absolute atomic E-state index is 0.192. The zero-order chi connectivity index (χ0) is 15.1. The van der Waals surface area contributed by atoms with E-state index in [1.165, 1.54) is 17.0 Å². The molecule has 108 valence electrons. The fraction of sp³-hybridized carbons (Fsp3) is 0.143. The number of carbonyl (C=O) groups excluding carboxylic acids is 1. The van der Waals surface area contributed by atoms with Gasteiger partial charge in [-0.25, -0.2) is 4.68 Å². The largest absolute Gasteiger partial charge is 0.480 e. The molecule has 0 aliphatic carbocycles. The summed E-state index contributed by atoms with van der Waals surface area (Å²) in [7, 11) is 0. The van der Waals surface area contributed by atoms with Gasteiger partial charge in [0.1, 0.15) is 12.2 Å². The average Bonchev–Trinajstić information content (AvgIpc) is 2.91. The van der Waals surface area contributed by atoms with Gasteiger partial charge < -0.3 is 10.4 Å². The second-order valence-electron chi connectivity index (χ2n) is 4.26. The number of hydrogen-bond acceptors (Lipinski definition) is 4. The fourth-order valence-electron chi connectivity index (χ4n) is 1.61. The van der Waals surface area contributed by atoms with Gasteiger partial charge in [-0.15, -0.1) is 5.10 Å². The summed E-state index contributed by atoms with van der Waals surface area (Å²) in [6.07, 6.45) is 4.61. The van der Waals surface area contributed by atoms with E-state index >= 15 is 0 Å². The van der Waals surface area contributed by atoms with Crippen molar-refractivity contribution in [1.82, 2.24) is 20.3 Å². The molecule has 2 aromatic rings. The summed E-state index contributed by atoms with van der Waals surface area (Å²) >= 11 is 0. The molecule has 2 rings (SSSR count). The molecule has 7 heteroatoms. The predicted octanol–water partition coefficient (Wildman–Crippen LogP) is 0.692. The molecule has 0 radical (unpaired) electrons. The van der Waals surface area contributed by atoms with Crippen LogP contribution in [0.3, 0.4) is 0 Å². The Morgan fingerprint density at radius 3 is 2.76 bits per heavy atom. The number of rotatable bonds is 6. The van der Waals surface area contributed by atoms with Crippen LogP contribution in [-0.2, 0) is 22.7 Å². The molecule has 0 saturated carbocycles. The average molecular weight is 286 g/mol. The first-order valence-corrected chi connectivity index (χ1v) is 6.25. The lowest BCUT2D eigenvalue weighted by atomic mass is 10.2. The van der Waals surface area contributed by atoms with Gasteiger partial charge in [-0.3, -0.25) is 9.59 Å². The molecule has 2 N–H and O–H groups in total. The van der Waals surface area contributed by atoms with Crippen LogP contribution in [0.1, 0.15) is 11.3 Å². The van der Waals surface area contributed by atoms with Gasteiger partial charge in [0.2, 0.25) is 5.91 Å². The lowest BCUT2D eigenvalue weighted by Crippen LogP contribution is -2.20. The predicted molar refractivity (Wildman–Crippen MR) is 75.0 cm³/mol. The molecule has 7 nitrogen and oxygen atoms in total. The maximum Gasteiger partial charge on any atom is 0.325 e. The van der Waals surface area contributed by atoms with Crippen molar-refractivity contribution in [2.24, 2.45) is 0 Å². The Kier molecular flexibility index (Phi) is 4.81. The summed E-state index contributed by atoms with van der Waals surface area (Å²) < 4.78 is 1.20. The third-order valence-corrected chi connectivity index (χ3v) is 2.55. The number of carboxylic acids is 1. The number of hydrogen-bond donors (Lipinski definition) is 2. The first-order valence-electron chi connectivity index (χ1n) is 6.25. The summed E-state index contributed by atoms with van der Waals surface area (Å²) in [5, 5.41) is 18.7. The molecule has 21 heavy (non-hydrogen) atoms. The van der Waals surface area contributed by atoms with Crippen molar-refractivity contribution in [3.8, 4) is 0 Å². The number of aliphatic carboxylic acids is 1. The summed E-state index contributed by atoms with van der Waals surface area (Å²) in [6.45, 7) is -0.0631. The highest BCUT2D eigenvalue weighted by molar-refractivity contribution is 5.91. The SMILES string of the molecule is O=C(O)Cn1cc(CNC(=O)/C=C/c2ccccc2)nn1. The van der Waals surface area contributed by atoms with E-state index in [0.29, 0.717) is 5.69 Å². The zero-order valence-electron chi connectivity index (χ0n) is 11.1. The van der Waals surface area contributed by atoms with Gasteiger partial charge in [0.05, 0.1) is 12.7 Å². The molecule has 0 aliphatic rings. The minimum atomic E-state index is -0.999. The van der Waals surface area contributed by atoms with Crippen LogP contribution in [0.2, 0.25) is 0 Å². The lowest BCUT2D eigenvalue weighted by molar-refractivity contribution is -0.137. The Labute approximate surface area is 120 Å². The van der Waals surface area contributed by atoms with Gasteiger partial charge in [0, 0.05) is 6.08 Å². The van der Waals surface area contributed by atoms with Crippen LogP contribution in [0.5, 0.6) is 0 Å². The van der Waals surface area contributed by atoms with Crippen molar-refractivity contribution in [2.75, 3.05) is 0 Å². The second kappa shape index (κ2) is 6.99. The van der Waals surface area contributed by atoms with Crippen LogP contribution in [-0.4, -0.2) is 32.0 Å². The number of benzene rings is 1. The third-order valence-electron chi connectivity index (χ3n) is 2.55. The maximum atomic E-state index is 11.6. The standard InChI is InChI=1S/C14H14N4O3/c19-13(7-6-11-4-2-1-3-5-11)15-8-12-9-18(17-16-12)10-14(20)21/h1-7,9H,8,10H2,(H,15,19)(H,20,21)/b7-6+. The van der Waals surface area contributed by atoms with Crippen molar-refractivity contribution in [2.45, 2.75) is 13.1 Å². The zero-order valence-corrected chi connectivity index (χ0v) is 11.1. The molecule has 0 aliphatic heterocycles. The monoisotopic (exact) mass is 286 g/mol.